The van der Waals surface area contributed by atoms with Crippen LogP contribution in [0.4, 0.5) is 0 Å². The summed E-state index contributed by atoms with van der Waals surface area (Å²) in [4.78, 5) is 18.3. The van der Waals surface area contributed by atoms with E-state index in [-0.39, 0.29) is 5.91 Å². The molecule has 1 saturated carbocycles. The number of nitrogens with zero attached hydrogens (tertiary/aromatic N) is 3. The van der Waals surface area contributed by atoms with E-state index in [4.69, 9.17) is 4.74 Å². The number of likely N-dealkylation sites (tertiary alicyclic amines) is 1. The first-order valence-electron chi connectivity index (χ1n) is 11.0. The predicted molar refractivity (Wildman–Crippen MR) is 109 cm³/mol. The Morgan fingerprint density at radius 1 is 1.10 bits per heavy atom. The molecule has 3 atom stereocenters. The van der Waals surface area contributed by atoms with Crippen LogP contribution in [0.1, 0.15) is 59.3 Å². The minimum Gasteiger partial charge on any atom is -0.497 e. The first kappa shape index (κ1) is 17.5. The van der Waals surface area contributed by atoms with Gasteiger partial charge in [-0.15, -0.1) is 0 Å². The van der Waals surface area contributed by atoms with Crippen LogP contribution in [0.3, 0.4) is 0 Å². The Kier molecular flexibility index (Phi) is 3.98. The maximum Gasteiger partial charge on any atom is 0.274 e. The number of piperidine rings is 3. The summed E-state index contributed by atoms with van der Waals surface area (Å²) in [5.74, 6) is 2.52. The van der Waals surface area contributed by atoms with E-state index in [9.17, 15) is 4.79 Å². The Hall–Kier alpha value is -2.34. The van der Waals surface area contributed by atoms with Crippen LogP contribution in [0.15, 0.2) is 30.3 Å². The van der Waals surface area contributed by atoms with Crippen LogP contribution in [0.25, 0.3) is 0 Å². The molecule has 1 aromatic carbocycles. The van der Waals surface area contributed by atoms with Gasteiger partial charge in [0.15, 0.2) is 0 Å². The Labute approximate surface area is 171 Å². The number of aromatic amines is 1. The number of ether oxygens (including phenoxy) is 1. The monoisotopic (exact) mass is 392 g/mol. The van der Waals surface area contributed by atoms with Crippen molar-refractivity contribution in [3.05, 3.63) is 47.3 Å². The number of benzene rings is 1. The second-order valence-electron chi connectivity index (χ2n) is 9.17. The van der Waals surface area contributed by atoms with E-state index in [1.807, 2.05) is 18.2 Å². The van der Waals surface area contributed by atoms with E-state index in [0.717, 1.165) is 31.1 Å². The number of carbonyl (C=O) groups excluding carboxylic acids is 1. The molecule has 1 aliphatic carbocycles. The molecule has 2 aromatic rings. The second kappa shape index (κ2) is 6.59. The minimum absolute atomic E-state index is 0.105. The van der Waals surface area contributed by atoms with Gasteiger partial charge in [-0.2, -0.15) is 5.10 Å². The smallest absolute Gasteiger partial charge is 0.274 e. The number of carbonyl (C=O) groups is 1. The molecule has 4 aliphatic heterocycles. The fourth-order valence-corrected chi connectivity index (χ4v) is 6.00. The van der Waals surface area contributed by atoms with E-state index in [2.05, 4.69) is 32.1 Å². The topological polar surface area (TPSA) is 61.5 Å². The summed E-state index contributed by atoms with van der Waals surface area (Å²) in [5, 5.41) is 7.51. The first-order valence-corrected chi connectivity index (χ1v) is 11.0. The van der Waals surface area contributed by atoms with Gasteiger partial charge in [-0.25, -0.2) is 0 Å². The highest BCUT2D eigenvalue weighted by atomic mass is 16.5. The molecule has 4 saturated heterocycles. The van der Waals surface area contributed by atoms with Gasteiger partial charge in [0, 0.05) is 30.1 Å². The first-order chi connectivity index (χ1) is 14.2. The molecular weight excluding hydrogens is 364 g/mol. The van der Waals surface area contributed by atoms with E-state index < -0.39 is 0 Å². The van der Waals surface area contributed by atoms with Crippen molar-refractivity contribution in [3.8, 4) is 5.75 Å². The number of nitrogens with one attached hydrogen (secondary N) is 1. The van der Waals surface area contributed by atoms with E-state index in [0.29, 0.717) is 35.5 Å². The quantitative estimate of drug-likeness (QED) is 0.869. The molecule has 152 valence electrons. The average Bonchev–Trinajstić information content (AvgIpc) is 3.36. The highest BCUT2D eigenvalue weighted by Crippen LogP contribution is 2.47. The molecule has 7 rings (SSSR count). The van der Waals surface area contributed by atoms with Gasteiger partial charge in [-0.1, -0.05) is 12.1 Å². The number of aromatic nitrogens is 2. The Morgan fingerprint density at radius 2 is 1.86 bits per heavy atom. The van der Waals surface area contributed by atoms with Crippen LogP contribution in [0.5, 0.6) is 5.75 Å². The van der Waals surface area contributed by atoms with E-state index in [1.165, 1.54) is 31.2 Å². The third kappa shape index (κ3) is 2.80. The van der Waals surface area contributed by atoms with Gasteiger partial charge in [0.1, 0.15) is 11.4 Å². The van der Waals surface area contributed by atoms with Crippen LogP contribution in [0, 0.1) is 5.92 Å². The third-order valence-corrected chi connectivity index (χ3v) is 7.63. The van der Waals surface area contributed by atoms with Gasteiger partial charge in [0.2, 0.25) is 0 Å². The van der Waals surface area contributed by atoms with E-state index >= 15 is 0 Å². The summed E-state index contributed by atoms with van der Waals surface area (Å²) in [6.07, 6.45) is 4.82. The van der Waals surface area contributed by atoms with Gasteiger partial charge < -0.3 is 9.64 Å². The number of amides is 1. The van der Waals surface area contributed by atoms with Crippen molar-refractivity contribution >= 4 is 5.91 Å². The molecule has 5 aliphatic rings. The number of hydrogen-bond donors (Lipinski definition) is 1. The summed E-state index contributed by atoms with van der Waals surface area (Å²) in [5.41, 5.74) is 3.03. The molecule has 6 heteroatoms. The minimum atomic E-state index is 0.105. The maximum atomic E-state index is 13.5. The second-order valence-corrected chi connectivity index (χ2v) is 9.17. The lowest BCUT2D eigenvalue weighted by Crippen LogP contribution is -2.60. The lowest BCUT2D eigenvalue weighted by molar-refractivity contribution is -0.00358. The molecule has 2 bridgehead atoms. The zero-order valence-corrected chi connectivity index (χ0v) is 16.9. The molecule has 0 spiro atoms. The Bertz CT molecular complexity index is 911. The van der Waals surface area contributed by atoms with Gasteiger partial charge in [0.05, 0.1) is 13.2 Å². The Morgan fingerprint density at radius 3 is 2.55 bits per heavy atom. The molecular formula is C23H28N4O2. The Balaban J connectivity index is 1.33. The molecule has 6 nitrogen and oxygen atoms in total. The molecule has 5 heterocycles. The van der Waals surface area contributed by atoms with E-state index in [1.54, 1.807) is 7.11 Å². The molecule has 0 unspecified atom stereocenters. The summed E-state index contributed by atoms with van der Waals surface area (Å²) >= 11 is 0. The summed E-state index contributed by atoms with van der Waals surface area (Å²) < 4.78 is 5.34. The molecule has 1 amide bonds. The number of H-pyrrole nitrogens is 1. The number of rotatable bonds is 4. The standard InChI is InChI=1S/C23H28N4O2/c1-29-17-6-4-14(5-7-17)18-13-27(21-16-8-10-26(11-9-16)22(18)21)23(28)20-12-19(24-25-20)15-2-3-15/h4-7,12,15-16,18,21-22H,2-3,8-11,13H2,1H3,(H,24,25)/t18-,21+,22+/m0/s1. The maximum absolute atomic E-state index is 13.5. The number of methoxy groups -OCH3 is 1. The van der Waals surface area contributed by atoms with Crippen molar-refractivity contribution in [2.24, 2.45) is 5.92 Å². The van der Waals surface area contributed by atoms with Crippen LogP contribution >= 0.6 is 0 Å². The normalized spacial score (nSPS) is 33.0. The molecule has 0 radical (unpaired) electrons. The fraction of sp³-hybridized carbons (Fsp3) is 0.565. The zero-order valence-electron chi connectivity index (χ0n) is 16.9. The lowest BCUT2D eigenvalue weighted by Gasteiger charge is -2.51. The highest BCUT2D eigenvalue weighted by Gasteiger charge is 2.54. The van der Waals surface area contributed by atoms with Crippen LogP contribution in [-0.4, -0.2) is 64.7 Å². The average molecular weight is 393 g/mol. The van der Waals surface area contributed by atoms with Crippen molar-refractivity contribution in [1.82, 2.24) is 20.0 Å². The van der Waals surface area contributed by atoms with Gasteiger partial charge >= 0.3 is 0 Å². The largest absolute Gasteiger partial charge is 0.497 e. The molecule has 1 N–H and O–H groups in total. The summed E-state index contributed by atoms with van der Waals surface area (Å²) in [6.45, 7) is 3.10. The van der Waals surface area contributed by atoms with Gasteiger partial charge in [-0.05, 0) is 68.5 Å². The van der Waals surface area contributed by atoms with Crippen molar-refractivity contribution < 1.29 is 9.53 Å². The van der Waals surface area contributed by atoms with Crippen LogP contribution in [-0.2, 0) is 0 Å². The van der Waals surface area contributed by atoms with Crippen molar-refractivity contribution in [2.75, 3.05) is 26.7 Å². The van der Waals surface area contributed by atoms with Crippen molar-refractivity contribution in [2.45, 2.75) is 49.6 Å². The SMILES string of the molecule is COc1ccc([C@@H]2CN(C(=O)c3cc(C4CC4)[nH]n3)[C@@H]3C4CCN(CC4)[C@@H]32)cc1. The van der Waals surface area contributed by atoms with Crippen molar-refractivity contribution in [1.29, 1.82) is 0 Å². The fourth-order valence-electron chi connectivity index (χ4n) is 6.00. The predicted octanol–water partition coefficient (Wildman–Crippen LogP) is 3.00. The highest BCUT2D eigenvalue weighted by molar-refractivity contribution is 5.93. The van der Waals surface area contributed by atoms with Crippen molar-refractivity contribution in [3.63, 3.8) is 0 Å². The van der Waals surface area contributed by atoms with Crippen LogP contribution in [0.2, 0.25) is 0 Å². The zero-order chi connectivity index (χ0) is 19.5. The molecule has 29 heavy (non-hydrogen) atoms. The lowest BCUT2D eigenvalue weighted by atomic mass is 9.75. The molecule has 1 aromatic heterocycles. The third-order valence-electron chi connectivity index (χ3n) is 7.63. The summed E-state index contributed by atoms with van der Waals surface area (Å²) in [6, 6.07) is 11.2. The van der Waals surface area contributed by atoms with Gasteiger partial charge in [-0.3, -0.25) is 14.8 Å². The number of hydrogen-bond acceptors (Lipinski definition) is 4. The van der Waals surface area contributed by atoms with Gasteiger partial charge in [0.25, 0.3) is 5.91 Å². The molecule has 5 fully saturated rings. The summed E-state index contributed by atoms with van der Waals surface area (Å²) in [7, 11) is 1.70. The number of fused-ring (bicyclic) bond motifs is 2. The van der Waals surface area contributed by atoms with Crippen LogP contribution < -0.4 is 4.74 Å².